The van der Waals surface area contributed by atoms with Crippen molar-refractivity contribution in [2.75, 3.05) is 24.5 Å². The number of carbonyl (C=O) groups is 1. The van der Waals surface area contributed by atoms with Gasteiger partial charge in [-0.15, -0.1) is 0 Å². The molecule has 1 aliphatic carbocycles. The maximum Gasteiger partial charge on any atom is 0.225 e. The molecule has 5 nitrogen and oxygen atoms in total. The number of aryl methyl sites for hydroxylation is 1. The second-order valence-electron chi connectivity index (χ2n) is 6.85. The summed E-state index contributed by atoms with van der Waals surface area (Å²) < 4.78 is 0. The number of piperidine rings is 1. The van der Waals surface area contributed by atoms with Gasteiger partial charge < -0.3 is 9.80 Å². The molecule has 118 valence electrons. The Morgan fingerprint density at radius 2 is 1.86 bits per heavy atom. The van der Waals surface area contributed by atoms with Crippen LogP contribution in [-0.2, 0) is 17.8 Å². The molecule has 0 N–H and O–H groups in total. The monoisotopic (exact) mass is 300 g/mol. The van der Waals surface area contributed by atoms with Crippen molar-refractivity contribution in [3.63, 3.8) is 0 Å². The van der Waals surface area contributed by atoms with Gasteiger partial charge in [0.25, 0.3) is 0 Å². The number of rotatable bonds is 2. The average molecular weight is 300 g/mol. The second kappa shape index (κ2) is 5.52. The van der Waals surface area contributed by atoms with Crippen molar-refractivity contribution in [3.8, 4) is 0 Å². The highest BCUT2D eigenvalue weighted by Gasteiger charge is 2.36. The number of nitrogens with zero attached hydrogens (tertiary/aromatic N) is 4. The third-order valence-electron chi connectivity index (χ3n) is 5.04. The lowest BCUT2D eigenvalue weighted by atomic mass is 10.0. The molecule has 0 atom stereocenters. The van der Waals surface area contributed by atoms with Gasteiger partial charge in [0.1, 0.15) is 11.6 Å². The molecule has 0 bridgehead atoms. The van der Waals surface area contributed by atoms with Gasteiger partial charge in [-0.3, -0.25) is 4.79 Å². The van der Waals surface area contributed by atoms with Crippen molar-refractivity contribution in [2.45, 2.75) is 52.0 Å². The van der Waals surface area contributed by atoms with Crippen LogP contribution in [0.1, 0.15) is 49.2 Å². The van der Waals surface area contributed by atoms with Crippen molar-refractivity contribution in [1.29, 1.82) is 0 Å². The van der Waals surface area contributed by atoms with E-state index in [0.717, 1.165) is 56.2 Å². The smallest absolute Gasteiger partial charge is 0.225 e. The van der Waals surface area contributed by atoms with Crippen molar-refractivity contribution in [1.82, 2.24) is 14.9 Å². The molecule has 1 aromatic heterocycles. The predicted molar refractivity (Wildman–Crippen MR) is 84.7 cm³/mol. The molecule has 2 fully saturated rings. The number of aromatic nitrogens is 2. The van der Waals surface area contributed by atoms with Gasteiger partial charge in [0.15, 0.2) is 0 Å². The lowest BCUT2D eigenvalue weighted by Gasteiger charge is -2.34. The Morgan fingerprint density at radius 1 is 1.09 bits per heavy atom. The van der Waals surface area contributed by atoms with Crippen LogP contribution in [0, 0.1) is 12.8 Å². The van der Waals surface area contributed by atoms with E-state index in [1.54, 1.807) is 0 Å². The third-order valence-corrected chi connectivity index (χ3v) is 5.04. The summed E-state index contributed by atoms with van der Waals surface area (Å²) in [5.41, 5.74) is 2.36. The largest absolute Gasteiger partial charge is 0.356 e. The summed E-state index contributed by atoms with van der Waals surface area (Å²) in [4.78, 5) is 26.2. The number of fused-ring (bicyclic) bond motifs is 1. The first kappa shape index (κ1) is 14.0. The van der Waals surface area contributed by atoms with E-state index in [0.29, 0.717) is 18.4 Å². The summed E-state index contributed by atoms with van der Waals surface area (Å²) in [6.07, 6.45) is 6.81. The quantitative estimate of drug-likeness (QED) is 0.839. The van der Waals surface area contributed by atoms with Gasteiger partial charge in [-0.2, -0.15) is 0 Å². The topological polar surface area (TPSA) is 49.3 Å². The molecule has 1 saturated carbocycles. The molecule has 0 aromatic carbocycles. The Balaban J connectivity index is 1.64. The lowest BCUT2D eigenvalue weighted by Crippen LogP contribution is -2.39. The zero-order valence-electron chi connectivity index (χ0n) is 13.3. The van der Waals surface area contributed by atoms with Crippen LogP contribution in [0.15, 0.2) is 0 Å². The van der Waals surface area contributed by atoms with Gasteiger partial charge in [0.2, 0.25) is 5.91 Å². The Morgan fingerprint density at radius 3 is 2.59 bits per heavy atom. The van der Waals surface area contributed by atoms with E-state index in [1.807, 2.05) is 11.8 Å². The Hall–Kier alpha value is -1.65. The van der Waals surface area contributed by atoms with Crippen LogP contribution in [0.3, 0.4) is 0 Å². The molecule has 0 spiro atoms. The molecule has 22 heavy (non-hydrogen) atoms. The average Bonchev–Trinajstić information content (AvgIpc) is 3.39. The summed E-state index contributed by atoms with van der Waals surface area (Å²) in [7, 11) is 0. The van der Waals surface area contributed by atoms with Gasteiger partial charge in [0, 0.05) is 37.5 Å². The molecule has 5 heteroatoms. The molecule has 2 aliphatic heterocycles. The number of hydrogen-bond acceptors (Lipinski definition) is 4. The van der Waals surface area contributed by atoms with E-state index in [2.05, 4.69) is 9.88 Å². The molecule has 0 unspecified atom stereocenters. The van der Waals surface area contributed by atoms with Crippen molar-refractivity contribution >= 4 is 11.7 Å². The molecule has 1 amide bonds. The number of hydrogen-bond donors (Lipinski definition) is 0. The fraction of sp³-hybridized carbons (Fsp3) is 0.706. The first-order valence-electron chi connectivity index (χ1n) is 8.62. The zero-order chi connectivity index (χ0) is 15.1. The lowest BCUT2D eigenvalue weighted by molar-refractivity contribution is -0.133. The fourth-order valence-corrected chi connectivity index (χ4v) is 3.66. The van der Waals surface area contributed by atoms with Gasteiger partial charge >= 0.3 is 0 Å². The minimum atomic E-state index is 0.298. The van der Waals surface area contributed by atoms with E-state index < -0.39 is 0 Å². The summed E-state index contributed by atoms with van der Waals surface area (Å²) in [6, 6.07) is 0. The van der Waals surface area contributed by atoms with E-state index in [9.17, 15) is 4.79 Å². The van der Waals surface area contributed by atoms with Crippen LogP contribution in [-0.4, -0.2) is 40.4 Å². The fourth-order valence-electron chi connectivity index (χ4n) is 3.66. The summed E-state index contributed by atoms with van der Waals surface area (Å²) in [5.74, 6) is 2.60. The van der Waals surface area contributed by atoms with Crippen molar-refractivity contribution in [2.24, 2.45) is 5.92 Å². The molecule has 1 aromatic rings. The Kier molecular flexibility index (Phi) is 3.51. The van der Waals surface area contributed by atoms with Crippen LogP contribution >= 0.6 is 0 Å². The first-order valence-corrected chi connectivity index (χ1v) is 8.62. The zero-order valence-corrected chi connectivity index (χ0v) is 13.3. The number of anilines is 1. The Bertz CT molecular complexity index is 591. The van der Waals surface area contributed by atoms with E-state index in [4.69, 9.17) is 4.98 Å². The minimum Gasteiger partial charge on any atom is -0.356 e. The third kappa shape index (κ3) is 2.57. The SMILES string of the molecule is Cc1nc2c(c(N3CCCCC3)n1)CN(C(=O)C1CC1)CC2. The summed E-state index contributed by atoms with van der Waals surface area (Å²) in [5, 5.41) is 0. The normalized spacial score (nSPS) is 21.7. The molecule has 1 saturated heterocycles. The minimum absolute atomic E-state index is 0.298. The Labute approximate surface area is 131 Å². The van der Waals surface area contributed by atoms with Crippen LogP contribution in [0.5, 0.6) is 0 Å². The maximum atomic E-state index is 12.4. The van der Waals surface area contributed by atoms with Crippen LogP contribution < -0.4 is 4.90 Å². The van der Waals surface area contributed by atoms with Crippen LogP contribution in [0.25, 0.3) is 0 Å². The highest BCUT2D eigenvalue weighted by atomic mass is 16.2. The number of amides is 1. The van der Waals surface area contributed by atoms with Gasteiger partial charge in [-0.25, -0.2) is 9.97 Å². The molecule has 0 radical (unpaired) electrons. The van der Waals surface area contributed by atoms with Crippen molar-refractivity contribution < 1.29 is 4.79 Å². The van der Waals surface area contributed by atoms with Gasteiger partial charge in [-0.05, 0) is 39.0 Å². The number of carbonyl (C=O) groups excluding carboxylic acids is 1. The first-order chi connectivity index (χ1) is 10.7. The predicted octanol–water partition coefficient (Wildman–Crippen LogP) is 2.07. The van der Waals surface area contributed by atoms with E-state index in [-0.39, 0.29) is 0 Å². The second-order valence-corrected chi connectivity index (χ2v) is 6.85. The molecular weight excluding hydrogens is 276 g/mol. The van der Waals surface area contributed by atoms with Crippen molar-refractivity contribution in [3.05, 3.63) is 17.1 Å². The van der Waals surface area contributed by atoms with Crippen LogP contribution in [0.2, 0.25) is 0 Å². The highest BCUT2D eigenvalue weighted by Crippen LogP contribution is 2.34. The van der Waals surface area contributed by atoms with Gasteiger partial charge in [-0.1, -0.05) is 0 Å². The molecule has 4 rings (SSSR count). The van der Waals surface area contributed by atoms with E-state index >= 15 is 0 Å². The maximum absolute atomic E-state index is 12.4. The highest BCUT2D eigenvalue weighted by molar-refractivity contribution is 5.81. The summed E-state index contributed by atoms with van der Waals surface area (Å²) >= 11 is 0. The molecule has 3 heterocycles. The van der Waals surface area contributed by atoms with Crippen LogP contribution in [0.4, 0.5) is 5.82 Å². The standard InChI is InChI=1S/C17H24N4O/c1-12-18-15-7-10-21(17(22)13-5-6-13)11-14(15)16(19-12)20-8-3-2-4-9-20/h13H,2-11H2,1H3. The molecular formula is C17H24N4O. The van der Waals surface area contributed by atoms with E-state index in [1.165, 1.54) is 24.8 Å². The molecule has 3 aliphatic rings. The summed E-state index contributed by atoms with van der Waals surface area (Å²) in [6.45, 7) is 5.67. The van der Waals surface area contributed by atoms with Gasteiger partial charge in [0.05, 0.1) is 12.2 Å².